The fraction of sp³-hybridized carbons (Fsp3) is 0.310. The third kappa shape index (κ3) is 8.49. The molecule has 0 atom stereocenters. The predicted molar refractivity (Wildman–Crippen MR) is 139 cm³/mol. The number of ketones is 1. The largest absolute Gasteiger partial charge is 0.491 e. The molecule has 35 heavy (non-hydrogen) atoms. The molecule has 3 aromatic carbocycles. The fourth-order valence-corrected chi connectivity index (χ4v) is 3.47. The van der Waals surface area contributed by atoms with Gasteiger partial charge < -0.3 is 20.1 Å². The lowest BCUT2D eigenvalue weighted by Gasteiger charge is -2.14. The summed E-state index contributed by atoms with van der Waals surface area (Å²) in [6.07, 6.45) is 2.53. The summed E-state index contributed by atoms with van der Waals surface area (Å²) in [7, 11) is 0. The van der Waals surface area contributed by atoms with Crippen LogP contribution in [0.4, 0.5) is 10.5 Å². The molecule has 0 aliphatic carbocycles. The van der Waals surface area contributed by atoms with Crippen molar-refractivity contribution in [2.75, 3.05) is 11.9 Å². The van der Waals surface area contributed by atoms with Crippen LogP contribution in [0.2, 0.25) is 0 Å². The first-order valence-electron chi connectivity index (χ1n) is 12.1. The molecule has 0 saturated heterocycles. The van der Waals surface area contributed by atoms with Gasteiger partial charge in [-0.3, -0.25) is 4.79 Å². The second-order valence-corrected chi connectivity index (χ2v) is 8.74. The first kappa shape index (κ1) is 25.8. The number of ether oxygens (including phenoxy) is 2. The van der Waals surface area contributed by atoms with Gasteiger partial charge in [0.1, 0.15) is 17.2 Å². The molecule has 0 aliphatic heterocycles. The van der Waals surface area contributed by atoms with E-state index in [1.54, 1.807) is 12.1 Å². The highest BCUT2D eigenvalue weighted by molar-refractivity contribution is 5.96. The van der Waals surface area contributed by atoms with Crippen molar-refractivity contribution in [2.45, 2.75) is 46.6 Å². The standard InChI is InChI=1S/C29H34N2O4/c1-4-27(32)23-10-7-11-25(19-23)35-24-16-14-22(15-17-24)20-30-29(33)31-26-12-5-6-13-28(26)34-18-8-9-21(2)3/h5-7,10-17,19,21H,4,8-9,18,20H2,1-3H3,(H2,30,31,33). The van der Waals surface area contributed by atoms with Gasteiger partial charge in [0, 0.05) is 18.5 Å². The summed E-state index contributed by atoms with van der Waals surface area (Å²) in [4.78, 5) is 24.3. The van der Waals surface area contributed by atoms with Gasteiger partial charge in [-0.1, -0.05) is 57.2 Å². The normalized spacial score (nSPS) is 10.6. The Morgan fingerprint density at radius 1 is 0.914 bits per heavy atom. The van der Waals surface area contributed by atoms with Gasteiger partial charge in [-0.15, -0.1) is 0 Å². The third-order valence-electron chi connectivity index (χ3n) is 5.41. The highest BCUT2D eigenvalue weighted by Gasteiger charge is 2.09. The summed E-state index contributed by atoms with van der Waals surface area (Å²) in [5.41, 5.74) is 2.21. The van der Waals surface area contributed by atoms with E-state index in [0.29, 0.717) is 54.0 Å². The SMILES string of the molecule is CCC(=O)c1cccc(Oc2ccc(CNC(=O)Nc3ccccc3OCCCC(C)C)cc2)c1. The average Bonchev–Trinajstić information content (AvgIpc) is 2.86. The number of carbonyl (C=O) groups excluding carboxylic acids is 2. The fourth-order valence-electron chi connectivity index (χ4n) is 3.47. The molecule has 0 saturated carbocycles. The molecule has 6 heteroatoms. The van der Waals surface area contributed by atoms with Gasteiger partial charge >= 0.3 is 6.03 Å². The van der Waals surface area contributed by atoms with Crippen LogP contribution in [0.3, 0.4) is 0 Å². The van der Waals surface area contributed by atoms with Crippen LogP contribution in [-0.2, 0) is 6.54 Å². The zero-order chi connectivity index (χ0) is 25.0. The molecule has 6 nitrogen and oxygen atoms in total. The Balaban J connectivity index is 1.49. The molecule has 184 valence electrons. The van der Waals surface area contributed by atoms with Gasteiger partial charge in [0.05, 0.1) is 12.3 Å². The molecule has 0 aliphatic rings. The Kier molecular flexibility index (Phi) is 9.72. The number of rotatable bonds is 12. The van der Waals surface area contributed by atoms with Crippen molar-refractivity contribution in [3.05, 3.63) is 83.9 Å². The predicted octanol–water partition coefficient (Wildman–Crippen LogP) is 7.21. The molecule has 0 aromatic heterocycles. The second-order valence-electron chi connectivity index (χ2n) is 8.74. The maximum atomic E-state index is 12.4. The van der Waals surface area contributed by atoms with Gasteiger partial charge in [-0.25, -0.2) is 4.79 Å². The van der Waals surface area contributed by atoms with Gasteiger partial charge in [0.2, 0.25) is 0 Å². The molecule has 3 aromatic rings. The summed E-state index contributed by atoms with van der Waals surface area (Å²) in [6.45, 7) is 7.20. The molecular formula is C29H34N2O4. The molecule has 0 bridgehead atoms. The summed E-state index contributed by atoms with van der Waals surface area (Å²) in [5, 5.41) is 5.73. The zero-order valence-corrected chi connectivity index (χ0v) is 20.7. The monoisotopic (exact) mass is 474 g/mol. The molecule has 2 amide bonds. The molecule has 3 rings (SSSR count). The number of Topliss-reactive ketones (excluding diaryl/α,β-unsaturated/α-hetero) is 1. The van der Waals surface area contributed by atoms with E-state index < -0.39 is 0 Å². The van der Waals surface area contributed by atoms with E-state index in [1.165, 1.54) is 0 Å². The van der Waals surface area contributed by atoms with Crippen LogP contribution in [-0.4, -0.2) is 18.4 Å². The van der Waals surface area contributed by atoms with Gasteiger partial charge in [0.15, 0.2) is 5.78 Å². The Morgan fingerprint density at radius 2 is 1.69 bits per heavy atom. The van der Waals surface area contributed by atoms with Crippen LogP contribution in [0, 0.1) is 5.92 Å². The van der Waals surface area contributed by atoms with Crippen molar-refractivity contribution >= 4 is 17.5 Å². The van der Waals surface area contributed by atoms with Crippen molar-refractivity contribution in [3.63, 3.8) is 0 Å². The molecule has 0 unspecified atom stereocenters. The lowest BCUT2D eigenvalue weighted by Crippen LogP contribution is -2.28. The van der Waals surface area contributed by atoms with Crippen molar-refractivity contribution in [2.24, 2.45) is 5.92 Å². The van der Waals surface area contributed by atoms with E-state index >= 15 is 0 Å². The van der Waals surface area contributed by atoms with Crippen molar-refractivity contribution in [3.8, 4) is 17.2 Å². The van der Waals surface area contributed by atoms with Crippen molar-refractivity contribution in [1.29, 1.82) is 0 Å². The number of benzene rings is 3. The smallest absolute Gasteiger partial charge is 0.319 e. The Morgan fingerprint density at radius 3 is 2.43 bits per heavy atom. The number of amides is 2. The van der Waals surface area contributed by atoms with E-state index in [1.807, 2.05) is 67.6 Å². The summed E-state index contributed by atoms with van der Waals surface area (Å²) >= 11 is 0. The maximum Gasteiger partial charge on any atom is 0.319 e. The quantitative estimate of drug-likeness (QED) is 0.215. The van der Waals surface area contributed by atoms with Crippen LogP contribution < -0.4 is 20.1 Å². The van der Waals surface area contributed by atoms with Crippen LogP contribution in [0.1, 0.15) is 56.0 Å². The van der Waals surface area contributed by atoms with E-state index in [0.717, 1.165) is 18.4 Å². The van der Waals surface area contributed by atoms with Crippen molar-refractivity contribution in [1.82, 2.24) is 5.32 Å². The van der Waals surface area contributed by atoms with E-state index in [4.69, 9.17) is 9.47 Å². The van der Waals surface area contributed by atoms with Crippen LogP contribution in [0.5, 0.6) is 17.2 Å². The number of hydrogen-bond acceptors (Lipinski definition) is 4. The Labute approximate surface area is 207 Å². The Bertz CT molecular complexity index is 1110. The number of hydrogen-bond donors (Lipinski definition) is 2. The van der Waals surface area contributed by atoms with Crippen molar-refractivity contribution < 1.29 is 19.1 Å². The number of para-hydroxylation sites is 2. The summed E-state index contributed by atoms with van der Waals surface area (Å²) in [5.74, 6) is 2.65. The molecule has 0 heterocycles. The van der Waals surface area contributed by atoms with Gasteiger partial charge in [-0.05, 0) is 60.7 Å². The third-order valence-corrected chi connectivity index (χ3v) is 5.41. The highest BCUT2D eigenvalue weighted by Crippen LogP contribution is 2.25. The number of nitrogens with one attached hydrogen (secondary N) is 2. The molecule has 0 spiro atoms. The molecule has 2 N–H and O–H groups in total. The first-order valence-corrected chi connectivity index (χ1v) is 12.1. The minimum absolute atomic E-state index is 0.0791. The first-order chi connectivity index (χ1) is 16.9. The molecule has 0 fully saturated rings. The van der Waals surface area contributed by atoms with Crippen LogP contribution in [0.25, 0.3) is 0 Å². The molecule has 0 radical (unpaired) electrons. The van der Waals surface area contributed by atoms with Crippen LogP contribution >= 0.6 is 0 Å². The summed E-state index contributed by atoms with van der Waals surface area (Å²) in [6, 6.07) is 21.8. The summed E-state index contributed by atoms with van der Waals surface area (Å²) < 4.78 is 11.7. The topological polar surface area (TPSA) is 76.7 Å². The van der Waals surface area contributed by atoms with E-state index in [2.05, 4.69) is 24.5 Å². The average molecular weight is 475 g/mol. The number of anilines is 1. The zero-order valence-electron chi connectivity index (χ0n) is 20.7. The lowest BCUT2D eigenvalue weighted by atomic mass is 10.1. The van der Waals surface area contributed by atoms with Gasteiger partial charge in [-0.2, -0.15) is 0 Å². The maximum absolute atomic E-state index is 12.4. The number of carbonyl (C=O) groups is 2. The van der Waals surface area contributed by atoms with Gasteiger partial charge in [0.25, 0.3) is 0 Å². The van der Waals surface area contributed by atoms with Crippen LogP contribution in [0.15, 0.2) is 72.8 Å². The highest BCUT2D eigenvalue weighted by atomic mass is 16.5. The minimum Gasteiger partial charge on any atom is -0.491 e. The lowest BCUT2D eigenvalue weighted by molar-refractivity contribution is 0.0988. The second kappa shape index (κ2) is 13.2. The van der Waals surface area contributed by atoms with E-state index in [-0.39, 0.29) is 11.8 Å². The Hall–Kier alpha value is -3.80. The molecular weight excluding hydrogens is 440 g/mol. The number of urea groups is 1. The minimum atomic E-state index is -0.305. The van der Waals surface area contributed by atoms with E-state index in [9.17, 15) is 9.59 Å².